The lowest BCUT2D eigenvalue weighted by atomic mass is 10.2. The fourth-order valence-electron chi connectivity index (χ4n) is 2.78. The molecule has 3 heterocycles. The van der Waals surface area contributed by atoms with Crippen LogP contribution < -0.4 is 15.6 Å². The van der Waals surface area contributed by atoms with E-state index >= 15 is 0 Å². The molecular weight excluding hydrogens is 591 g/mol. The first-order chi connectivity index (χ1) is 19.9. The molecule has 0 aromatic carbocycles. The predicted octanol–water partition coefficient (Wildman–Crippen LogP) is 3.00. The Kier molecular flexibility index (Phi) is 21.0. The van der Waals surface area contributed by atoms with E-state index in [9.17, 15) is 13.2 Å². The van der Waals surface area contributed by atoms with Crippen molar-refractivity contribution in [2.24, 2.45) is 32.0 Å². The van der Waals surface area contributed by atoms with E-state index in [4.69, 9.17) is 16.0 Å². The molecule has 0 aliphatic carbocycles. The highest BCUT2D eigenvalue weighted by Crippen LogP contribution is 2.19. The van der Waals surface area contributed by atoms with E-state index in [2.05, 4.69) is 33.5 Å². The Morgan fingerprint density at radius 3 is 1.51 bits per heavy atom. The third-order valence-electron chi connectivity index (χ3n) is 5.68. The summed E-state index contributed by atoms with van der Waals surface area (Å²) in [6.45, 7) is 15.5. The molecule has 0 bridgehead atoms. The van der Waals surface area contributed by atoms with E-state index in [-0.39, 0.29) is 21.6 Å². The number of aromatic nitrogens is 6. The molecule has 0 radical (unpaired) electrons. The summed E-state index contributed by atoms with van der Waals surface area (Å²) in [4.78, 5) is 21.8. The highest BCUT2D eigenvalue weighted by Gasteiger charge is 2.23. The normalized spacial score (nSPS) is 13.7. The van der Waals surface area contributed by atoms with E-state index in [1.165, 1.54) is 6.20 Å². The van der Waals surface area contributed by atoms with Crippen LogP contribution in [0.25, 0.3) is 0 Å². The van der Waals surface area contributed by atoms with Crippen LogP contribution in [-0.4, -0.2) is 65.1 Å². The van der Waals surface area contributed by atoms with Gasteiger partial charge in [-0.15, -0.1) is 0 Å². The Bertz CT molecular complexity index is 1210. The first-order valence-electron chi connectivity index (χ1n) is 13.8. The van der Waals surface area contributed by atoms with Crippen molar-refractivity contribution in [3.8, 4) is 0 Å². The second kappa shape index (κ2) is 21.2. The highest BCUT2D eigenvalue weighted by molar-refractivity contribution is 7.84. The van der Waals surface area contributed by atoms with Gasteiger partial charge in [-0.1, -0.05) is 13.8 Å². The number of nitrogens with one attached hydrogen (secondary N) is 1. The average molecular weight is 646 g/mol. The Morgan fingerprint density at radius 1 is 0.837 bits per heavy atom. The van der Waals surface area contributed by atoms with E-state index < -0.39 is 22.0 Å². The van der Waals surface area contributed by atoms with Gasteiger partial charge >= 0.3 is 0 Å². The van der Waals surface area contributed by atoms with E-state index in [1.54, 1.807) is 30.6 Å². The second-order valence-electron chi connectivity index (χ2n) is 11.3. The Balaban J connectivity index is 0. The second-order valence-corrected chi connectivity index (χ2v) is 15.1. The van der Waals surface area contributed by atoms with E-state index in [1.807, 2.05) is 77.2 Å². The van der Waals surface area contributed by atoms with Gasteiger partial charge in [0, 0.05) is 46.7 Å². The van der Waals surface area contributed by atoms with Crippen LogP contribution in [0, 0.1) is 0 Å². The van der Waals surface area contributed by atoms with Crippen LogP contribution >= 0.6 is 0 Å². The zero-order valence-corrected chi connectivity index (χ0v) is 29.6. The number of imidazole rings is 3. The standard InChI is InChI=1S/C11H21N3OS.C7H13N3.C5H6N2O.C4H11NOS.CH4O/c1-6-9(10-7-12-8-14(10)5)13-16(15)11(2,3)4;1-3-6(8)7-4-9-5-10(7)2;1-7-4-6-2-5(7)3-8;1-4(2,3)7(5)6;1-2/h7-9,13H,6H2,1-5H3;4-6H,3,8H2,1-2H3;2-4H,1H3;5H2,1-3H3;2H,1H3/t9-,16+;6-;;7-;/m00.1./s1. The van der Waals surface area contributed by atoms with Crippen molar-refractivity contribution >= 4 is 28.3 Å². The van der Waals surface area contributed by atoms with Crippen molar-refractivity contribution < 1.29 is 18.3 Å². The molecular formula is C28H55N9O4S2. The molecule has 0 spiro atoms. The molecule has 6 N–H and O–H groups in total. The minimum atomic E-state index is -1.18. The number of aliphatic hydroxyl groups excluding tert-OH is 1. The van der Waals surface area contributed by atoms with Gasteiger partial charge in [0.05, 0.1) is 74.1 Å². The minimum absolute atomic E-state index is 0.0903. The van der Waals surface area contributed by atoms with Gasteiger partial charge in [-0.05, 0) is 54.4 Å². The number of aryl methyl sites for hydroxylation is 3. The van der Waals surface area contributed by atoms with Gasteiger partial charge < -0.3 is 24.5 Å². The summed E-state index contributed by atoms with van der Waals surface area (Å²) in [5.74, 6) is 0. The van der Waals surface area contributed by atoms with Crippen molar-refractivity contribution in [3.05, 3.63) is 54.7 Å². The number of nitrogens with zero attached hydrogens (tertiary/aromatic N) is 6. The van der Waals surface area contributed by atoms with Crippen LogP contribution in [-0.2, 0) is 43.1 Å². The number of carbonyl (C=O) groups is 1. The molecule has 0 saturated carbocycles. The number of carbonyl (C=O) groups excluding carboxylic acids is 1. The highest BCUT2D eigenvalue weighted by atomic mass is 32.2. The first-order valence-corrected chi connectivity index (χ1v) is 16.1. The summed E-state index contributed by atoms with van der Waals surface area (Å²) in [7, 11) is 4.45. The van der Waals surface area contributed by atoms with Gasteiger partial charge in [-0.25, -0.2) is 28.1 Å². The van der Waals surface area contributed by atoms with Gasteiger partial charge in [0.1, 0.15) is 5.69 Å². The van der Waals surface area contributed by atoms with Gasteiger partial charge in [0.15, 0.2) is 6.29 Å². The summed E-state index contributed by atoms with van der Waals surface area (Å²) in [6, 6.07) is 0.222. The molecule has 3 aromatic rings. The van der Waals surface area contributed by atoms with Crippen molar-refractivity contribution in [2.75, 3.05) is 7.11 Å². The number of hydrogen-bond donors (Lipinski definition) is 4. The lowest BCUT2D eigenvalue weighted by Crippen LogP contribution is -2.36. The van der Waals surface area contributed by atoms with Gasteiger partial charge in [0.25, 0.3) is 0 Å². The Hall–Kier alpha value is -2.56. The maximum Gasteiger partial charge on any atom is 0.168 e. The predicted molar refractivity (Wildman–Crippen MR) is 177 cm³/mol. The maximum atomic E-state index is 12.0. The molecule has 248 valence electrons. The third kappa shape index (κ3) is 16.8. The van der Waals surface area contributed by atoms with Gasteiger partial charge in [-0.3, -0.25) is 9.93 Å². The average Bonchev–Trinajstić information content (AvgIpc) is 3.68. The molecule has 0 fully saturated rings. The van der Waals surface area contributed by atoms with Crippen LogP contribution in [0.4, 0.5) is 0 Å². The van der Waals surface area contributed by atoms with Gasteiger partial charge in [-0.2, -0.15) is 0 Å². The van der Waals surface area contributed by atoms with Gasteiger partial charge in [0.2, 0.25) is 0 Å². The van der Waals surface area contributed by atoms with Crippen molar-refractivity contribution in [1.82, 2.24) is 33.4 Å². The zero-order valence-electron chi connectivity index (χ0n) is 27.9. The molecule has 15 heteroatoms. The summed E-state index contributed by atoms with van der Waals surface area (Å²) < 4.78 is 30.6. The van der Waals surface area contributed by atoms with Crippen LogP contribution in [0.1, 0.15) is 102 Å². The lowest BCUT2D eigenvalue weighted by molar-refractivity contribution is 0.111. The molecule has 3 aromatic heterocycles. The smallest absolute Gasteiger partial charge is 0.168 e. The van der Waals surface area contributed by atoms with Crippen LogP contribution in [0.15, 0.2) is 37.6 Å². The third-order valence-corrected chi connectivity index (χ3v) is 8.49. The van der Waals surface area contributed by atoms with Crippen LogP contribution in [0.5, 0.6) is 0 Å². The molecule has 3 rings (SSSR count). The number of aliphatic hydroxyl groups is 1. The molecule has 0 saturated heterocycles. The minimum Gasteiger partial charge on any atom is -0.400 e. The number of rotatable bonds is 7. The van der Waals surface area contributed by atoms with E-state index in [0.29, 0.717) is 5.69 Å². The molecule has 0 unspecified atom stereocenters. The van der Waals surface area contributed by atoms with Crippen molar-refractivity contribution in [3.63, 3.8) is 0 Å². The molecule has 0 amide bonds. The quantitative estimate of drug-likeness (QED) is 0.282. The Morgan fingerprint density at radius 2 is 1.26 bits per heavy atom. The number of hydrogen-bond acceptors (Lipinski definition) is 8. The maximum absolute atomic E-state index is 12.0. The van der Waals surface area contributed by atoms with Crippen LogP contribution in [0.2, 0.25) is 0 Å². The monoisotopic (exact) mass is 645 g/mol. The molecule has 0 aliphatic rings. The first kappa shape index (κ1) is 42.6. The topological polar surface area (TPSA) is 189 Å². The SMILES string of the molecule is CC(C)(C)[S@](N)=O.CC[C@H](N)c1cncn1C.CC[C@H](N[S@](=O)C(C)(C)C)c1cncn1C.CO.Cn1cncc1C=O. The fourth-order valence-corrected chi connectivity index (χ4v) is 3.68. The van der Waals surface area contributed by atoms with Crippen LogP contribution in [0.3, 0.4) is 0 Å². The van der Waals surface area contributed by atoms with E-state index in [0.717, 1.165) is 37.6 Å². The summed E-state index contributed by atoms with van der Waals surface area (Å²) in [6.07, 6.45) is 12.9. The molecule has 43 heavy (non-hydrogen) atoms. The molecule has 0 aliphatic heterocycles. The largest absolute Gasteiger partial charge is 0.400 e. The van der Waals surface area contributed by atoms with Crippen molar-refractivity contribution in [1.29, 1.82) is 0 Å². The molecule has 13 nitrogen and oxygen atoms in total. The summed E-state index contributed by atoms with van der Waals surface area (Å²) in [5.41, 5.74) is 8.55. The summed E-state index contributed by atoms with van der Waals surface area (Å²) >= 11 is 0. The van der Waals surface area contributed by atoms with Crippen molar-refractivity contribution in [2.45, 2.75) is 89.8 Å². The fraction of sp³-hybridized carbons (Fsp3) is 0.643. The summed E-state index contributed by atoms with van der Waals surface area (Å²) in [5, 5.41) is 12.0. The molecule has 4 atom stereocenters. The lowest BCUT2D eigenvalue weighted by Gasteiger charge is -2.23. The Labute approximate surface area is 263 Å². The number of nitrogens with two attached hydrogens (primary N) is 2. The zero-order chi connectivity index (χ0) is 34.0. The number of aldehydes is 1.